The molecule has 0 atom stereocenters. The van der Waals surface area contributed by atoms with Gasteiger partial charge in [-0.3, -0.25) is 0 Å². The summed E-state index contributed by atoms with van der Waals surface area (Å²) in [5, 5.41) is 0. The Morgan fingerprint density at radius 1 is 0.667 bits per heavy atom. The molecule has 0 aromatic carbocycles. The summed E-state index contributed by atoms with van der Waals surface area (Å²) in [4.78, 5) is 0. The minimum Gasteiger partial charge on any atom is -0.183 e. The largest absolute Gasteiger partial charge is 0.423 e. The van der Waals surface area contributed by atoms with Crippen molar-refractivity contribution in [2.75, 3.05) is 0 Å². The Bertz CT molecular complexity index is 130. The summed E-state index contributed by atoms with van der Waals surface area (Å²) in [5.41, 5.74) is 0. The van der Waals surface area contributed by atoms with Gasteiger partial charge in [0.25, 0.3) is 0 Å². The summed E-state index contributed by atoms with van der Waals surface area (Å²) in [5.74, 6) is -11.7. The predicted molar refractivity (Wildman–Crippen MR) is 28.2 cm³/mol. The standard InChI is InChI=1S/C2F8P2/c3-1(4,5)11(12(9)10)2(6,7)8. The van der Waals surface area contributed by atoms with Crippen molar-refractivity contribution in [3.8, 4) is 0 Å². The Balaban J connectivity index is 4.70. The van der Waals surface area contributed by atoms with Gasteiger partial charge in [-0.05, 0) is 0 Å². The first-order valence-corrected chi connectivity index (χ1v) is 5.29. The normalized spacial score (nSPS) is 14.5. The Kier molecular flexibility index (Phi) is 3.67. The zero-order valence-corrected chi connectivity index (χ0v) is 6.71. The molecule has 0 aliphatic rings. The first-order chi connectivity index (χ1) is 5.07. The van der Waals surface area contributed by atoms with Crippen LogP contribution in [0.1, 0.15) is 0 Å². The monoisotopic (exact) mass is 238 g/mol. The van der Waals surface area contributed by atoms with Crippen molar-refractivity contribution in [1.82, 2.24) is 0 Å². The van der Waals surface area contributed by atoms with Crippen LogP contribution in [-0.4, -0.2) is 11.8 Å². The molecule has 0 radical (unpaired) electrons. The average Bonchev–Trinajstić information content (AvgIpc) is 1.49. The maximum atomic E-state index is 11.3. The number of hydrogen-bond donors (Lipinski definition) is 0. The van der Waals surface area contributed by atoms with Crippen LogP contribution >= 0.6 is 15.8 Å². The van der Waals surface area contributed by atoms with E-state index in [1.54, 1.807) is 0 Å². The van der Waals surface area contributed by atoms with Gasteiger partial charge in [-0.25, -0.2) is 0 Å². The van der Waals surface area contributed by atoms with Gasteiger partial charge in [0.2, 0.25) is 7.61 Å². The highest BCUT2D eigenvalue weighted by Crippen LogP contribution is 2.84. The topological polar surface area (TPSA) is 0 Å². The number of halogens is 8. The Morgan fingerprint density at radius 3 is 0.917 bits per heavy atom. The molecule has 0 saturated carbocycles. The molecule has 0 aromatic heterocycles. The molecule has 0 unspecified atom stereocenters. The minimum atomic E-state index is -5.86. The van der Waals surface area contributed by atoms with Crippen LogP contribution in [-0.2, 0) is 0 Å². The lowest BCUT2D eigenvalue weighted by Crippen LogP contribution is -2.15. The van der Waals surface area contributed by atoms with E-state index in [0.29, 0.717) is 0 Å². The molecule has 12 heavy (non-hydrogen) atoms. The fourth-order valence-corrected chi connectivity index (χ4v) is 1.97. The van der Waals surface area contributed by atoms with Crippen LogP contribution in [0.25, 0.3) is 0 Å². The zero-order chi connectivity index (χ0) is 10.2. The molecular weight excluding hydrogens is 238 g/mol. The highest BCUT2D eigenvalue weighted by molar-refractivity contribution is 8.26. The number of alkyl halides is 6. The fourth-order valence-electron chi connectivity index (χ4n) is 0.315. The first-order valence-electron chi connectivity index (χ1n) is 2.12. The van der Waals surface area contributed by atoms with Gasteiger partial charge < -0.3 is 0 Å². The van der Waals surface area contributed by atoms with E-state index in [4.69, 9.17) is 0 Å². The van der Waals surface area contributed by atoms with E-state index in [9.17, 15) is 34.7 Å². The van der Waals surface area contributed by atoms with Crippen molar-refractivity contribution >= 4 is 15.8 Å². The lowest BCUT2D eigenvalue weighted by atomic mass is 11.5. The molecule has 0 bridgehead atoms. The Hall–Kier alpha value is 0.300. The lowest BCUT2D eigenvalue weighted by Gasteiger charge is -2.20. The van der Waals surface area contributed by atoms with E-state index in [2.05, 4.69) is 0 Å². The Morgan fingerprint density at radius 2 is 0.917 bits per heavy atom. The van der Waals surface area contributed by atoms with Gasteiger partial charge in [-0.15, -0.1) is 0 Å². The lowest BCUT2D eigenvalue weighted by molar-refractivity contribution is -0.0799. The minimum absolute atomic E-state index is 5.03. The molecule has 0 amide bonds. The van der Waals surface area contributed by atoms with Crippen LogP contribution in [0.3, 0.4) is 0 Å². The molecule has 0 aromatic rings. The average molecular weight is 238 g/mol. The highest BCUT2D eigenvalue weighted by Gasteiger charge is 2.63. The van der Waals surface area contributed by atoms with E-state index >= 15 is 0 Å². The second-order valence-corrected chi connectivity index (χ2v) is 5.64. The quantitative estimate of drug-likeness (QED) is 0.459. The van der Waals surface area contributed by atoms with E-state index in [1.807, 2.05) is 0 Å². The fraction of sp³-hybridized carbons (Fsp3) is 1.00. The molecule has 0 heterocycles. The predicted octanol–water partition coefficient (Wildman–Crippen LogP) is 4.67. The third-order valence-electron chi connectivity index (χ3n) is 0.632. The summed E-state index contributed by atoms with van der Waals surface area (Å²) in [6.07, 6.45) is 0. The van der Waals surface area contributed by atoms with Gasteiger partial charge in [-0.1, -0.05) is 0 Å². The second-order valence-electron chi connectivity index (χ2n) is 1.46. The van der Waals surface area contributed by atoms with Gasteiger partial charge in [0.05, 0.1) is 0 Å². The van der Waals surface area contributed by atoms with Crippen molar-refractivity contribution in [3.05, 3.63) is 0 Å². The summed E-state index contributed by atoms with van der Waals surface area (Å²) >= 11 is 0. The van der Waals surface area contributed by atoms with Crippen molar-refractivity contribution in [2.24, 2.45) is 0 Å². The molecule has 0 aliphatic carbocycles. The number of rotatable bonds is 1. The van der Waals surface area contributed by atoms with Gasteiger partial charge in [0.15, 0.2) is 0 Å². The molecule has 0 nitrogen and oxygen atoms in total. The zero-order valence-electron chi connectivity index (χ0n) is 4.92. The third kappa shape index (κ3) is 3.35. The summed E-state index contributed by atoms with van der Waals surface area (Å²) in [6.45, 7) is 0. The van der Waals surface area contributed by atoms with Crippen molar-refractivity contribution in [2.45, 2.75) is 11.8 Å². The Labute approximate surface area is 63.6 Å². The van der Waals surface area contributed by atoms with Crippen LogP contribution in [0.5, 0.6) is 0 Å². The molecule has 0 N–H and O–H groups in total. The van der Waals surface area contributed by atoms with Crippen molar-refractivity contribution < 1.29 is 34.7 Å². The second kappa shape index (κ2) is 3.58. The molecule has 0 saturated heterocycles. The van der Waals surface area contributed by atoms with E-state index in [0.717, 1.165) is 0 Å². The maximum Gasteiger partial charge on any atom is 0.423 e. The molecule has 0 rings (SSSR count). The smallest absolute Gasteiger partial charge is 0.183 e. The summed E-state index contributed by atoms with van der Waals surface area (Å²) in [7, 11) is -10.2. The van der Waals surface area contributed by atoms with Gasteiger partial charge >= 0.3 is 20.1 Å². The van der Waals surface area contributed by atoms with Crippen LogP contribution in [0.15, 0.2) is 0 Å². The van der Waals surface area contributed by atoms with Crippen molar-refractivity contribution in [3.63, 3.8) is 0 Å². The van der Waals surface area contributed by atoms with E-state index < -0.39 is 27.7 Å². The maximum absolute atomic E-state index is 11.3. The molecule has 0 aliphatic heterocycles. The van der Waals surface area contributed by atoms with E-state index in [-0.39, 0.29) is 0 Å². The third-order valence-corrected chi connectivity index (χ3v) is 4.16. The summed E-state index contributed by atoms with van der Waals surface area (Å²) in [6, 6.07) is 0. The first kappa shape index (κ1) is 12.3. The molecule has 74 valence electrons. The van der Waals surface area contributed by atoms with Crippen LogP contribution in [0, 0.1) is 0 Å². The molecule has 0 fully saturated rings. The van der Waals surface area contributed by atoms with Crippen LogP contribution < -0.4 is 0 Å². The van der Waals surface area contributed by atoms with E-state index in [1.165, 1.54) is 0 Å². The van der Waals surface area contributed by atoms with Crippen LogP contribution in [0.4, 0.5) is 34.7 Å². The van der Waals surface area contributed by atoms with Gasteiger partial charge in [0, 0.05) is 0 Å². The molecular formula is C2F8P2. The van der Waals surface area contributed by atoms with Gasteiger partial charge in [0.1, 0.15) is 0 Å². The van der Waals surface area contributed by atoms with Gasteiger partial charge in [-0.2, -0.15) is 34.7 Å². The highest BCUT2D eigenvalue weighted by atomic mass is 32.1. The molecule has 10 heteroatoms. The SMILES string of the molecule is FP(F)P(C(F)(F)F)C(F)(F)F. The van der Waals surface area contributed by atoms with Crippen LogP contribution in [0.2, 0.25) is 0 Å². The summed E-state index contributed by atoms with van der Waals surface area (Å²) < 4.78 is 90.6. The molecule has 0 spiro atoms. The number of hydrogen-bond acceptors (Lipinski definition) is 0. The van der Waals surface area contributed by atoms with Crippen molar-refractivity contribution in [1.29, 1.82) is 0 Å².